The van der Waals surface area contributed by atoms with Gasteiger partial charge in [0, 0.05) is 30.4 Å². The standard InChI is InChI=1S/C20H25N3O4/c1-4-23(5-2)16-11-10-15(17(24)12-16)13-21-22-20(25)14-27-19-9-7-6-8-18(19)26-3/h6-13,24H,4-5,14H2,1-3H3,(H,22,25). The van der Waals surface area contributed by atoms with E-state index in [9.17, 15) is 9.90 Å². The summed E-state index contributed by atoms with van der Waals surface area (Å²) >= 11 is 0. The van der Waals surface area contributed by atoms with Crippen LogP contribution in [-0.4, -0.2) is 44.0 Å². The van der Waals surface area contributed by atoms with Gasteiger partial charge in [0.25, 0.3) is 5.91 Å². The van der Waals surface area contributed by atoms with Crippen LogP contribution in [-0.2, 0) is 4.79 Å². The van der Waals surface area contributed by atoms with E-state index in [2.05, 4.69) is 29.3 Å². The topological polar surface area (TPSA) is 83.4 Å². The summed E-state index contributed by atoms with van der Waals surface area (Å²) < 4.78 is 10.6. The molecule has 2 rings (SSSR count). The van der Waals surface area contributed by atoms with Crippen molar-refractivity contribution in [1.82, 2.24) is 5.43 Å². The van der Waals surface area contributed by atoms with Crippen LogP contribution in [0.5, 0.6) is 17.2 Å². The van der Waals surface area contributed by atoms with Crippen LogP contribution in [0, 0.1) is 0 Å². The Morgan fingerprint density at radius 2 is 1.89 bits per heavy atom. The normalized spacial score (nSPS) is 10.6. The summed E-state index contributed by atoms with van der Waals surface area (Å²) in [5.41, 5.74) is 3.81. The number of phenols is 1. The summed E-state index contributed by atoms with van der Waals surface area (Å²) in [4.78, 5) is 14.0. The summed E-state index contributed by atoms with van der Waals surface area (Å²) in [5, 5.41) is 14.0. The molecule has 0 spiro atoms. The molecule has 0 radical (unpaired) electrons. The van der Waals surface area contributed by atoms with Crippen molar-refractivity contribution in [3.8, 4) is 17.2 Å². The van der Waals surface area contributed by atoms with E-state index >= 15 is 0 Å². The third-order valence-corrected chi connectivity index (χ3v) is 3.96. The van der Waals surface area contributed by atoms with Crippen molar-refractivity contribution < 1.29 is 19.4 Å². The monoisotopic (exact) mass is 371 g/mol. The predicted octanol–water partition coefficient (Wildman–Crippen LogP) is 2.78. The van der Waals surface area contributed by atoms with Crippen molar-refractivity contribution in [2.24, 2.45) is 5.10 Å². The van der Waals surface area contributed by atoms with Crippen LogP contribution in [0.2, 0.25) is 0 Å². The Balaban J connectivity index is 1.90. The van der Waals surface area contributed by atoms with Crippen molar-refractivity contribution in [2.45, 2.75) is 13.8 Å². The quantitative estimate of drug-likeness (QED) is 0.523. The third-order valence-electron chi connectivity index (χ3n) is 3.96. The fraction of sp³-hybridized carbons (Fsp3) is 0.300. The van der Waals surface area contributed by atoms with E-state index in [1.54, 1.807) is 30.3 Å². The molecule has 144 valence electrons. The minimum Gasteiger partial charge on any atom is -0.507 e. The number of amides is 1. The molecule has 0 bridgehead atoms. The summed E-state index contributed by atoms with van der Waals surface area (Å²) in [6.07, 6.45) is 1.39. The molecule has 0 saturated carbocycles. The van der Waals surface area contributed by atoms with Gasteiger partial charge in [-0.2, -0.15) is 5.10 Å². The van der Waals surface area contributed by atoms with Gasteiger partial charge in [-0.05, 0) is 38.1 Å². The molecule has 0 aliphatic rings. The second kappa shape index (κ2) is 10.1. The molecule has 7 heteroatoms. The zero-order valence-corrected chi connectivity index (χ0v) is 15.8. The van der Waals surface area contributed by atoms with Gasteiger partial charge in [0.05, 0.1) is 13.3 Å². The molecule has 0 atom stereocenters. The van der Waals surface area contributed by atoms with Gasteiger partial charge in [-0.3, -0.25) is 4.79 Å². The summed E-state index contributed by atoms with van der Waals surface area (Å²) in [5.74, 6) is 0.704. The molecule has 2 aromatic carbocycles. The number of aromatic hydroxyl groups is 1. The number of hydrogen-bond donors (Lipinski definition) is 2. The van der Waals surface area contributed by atoms with Crippen molar-refractivity contribution in [3.63, 3.8) is 0 Å². The van der Waals surface area contributed by atoms with Gasteiger partial charge in [-0.1, -0.05) is 12.1 Å². The molecule has 0 saturated heterocycles. The van der Waals surface area contributed by atoms with Crippen molar-refractivity contribution in [1.29, 1.82) is 0 Å². The summed E-state index contributed by atoms with van der Waals surface area (Å²) in [6.45, 7) is 5.61. The Morgan fingerprint density at radius 1 is 1.19 bits per heavy atom. The molecule has 0 unspecified atom stereocenters. The highest BCUT2D eigenvalue weighted by Crippen LogP contribution is 2.25. The number of carbonyl (C=O) groups excluding carboxylic acids is 1. The van der Waals surface area contributed by atoms with E-state index in [-0.39, 0.29) is 12.4 Å². The van der Waals surface area contributed by atoms with Gasteiger partial charge in [-0.25, -0.2) is 5.43 Å². The average molecular weight is 371 g/mol. The summed E-state index contributed by atoms with van der Waals surface area (Å²) in [6, 6.07) is 12.4. The molecule has 0 aromatic heterocycles. The molecule has 0 heterocycles. The molecule has 2 aromatic rings. The Labute approximate surface area is 159 Å². The van der Waals surface area contributed by atoms with Crippen LogP contribution in [0.4, 0.5) is 5.69 Å². The zero-order chi connectivity index (χ0) is 19.6. The Hall–Kier alpha value is -3.22. The van der Waals surface area contributed by atoms with Crippen LogP contribution < -0.4 is 19.8 Å². The first-order chi connectivity index (χ1) is 13.1. The van der Waals surface area contributed by atoms with Crippen molar-refractivity contribution in [2.75, 3.05) is 31.7 Å². The van der Waals surface area contributed by atoms with Crippen molar-refractivity contribution in [3.05, 3.63) is 48.0 Å². The lowest BCUT2D eigenvalue weighted by atomic mass is 10.2. The number of para-hydroxylation sites is 2. The first kappa shape index (κ1) is 20.1. The summed E-state index contributed by atoms with van der Waals surface area (Å²) in [7, 11) is 1.53. The highest BCUT2D eigenvalue weighted by Gasteiger charge is 2.07. The van der Waals surface area contributed by atoms with Crippen LogP contribution in [0.3, 0.4) is 0 Å². The number of nitrogens with zero attached hydrogens (tertiary/aromatic N) is 2. The van der Waals surface area contributed by atoms with Crippen molar-refractivity contribution >= 4 is 17.8 Å². The molecular formula is C20H25N3O4. The Morgan fingerprint density at radius 3 is 2.52 bits per heavy atom. The van der Waals surface area contributed by atoms with Gasteiger partial charge in [-0.15, -0.1) is 0 Å². The number of methoxy groups -OCH3 is 1. The lowest BCUT2D eigenvalue weighted by Crippen LogP contribution is -2.24. The molecule has 0 aliphatic heterocycles. The number of anilines is 1. The first-order valence-corrected chi connectivity index (χ1v) is 8.74. The van der Waals surface area contributed by atoms with Crippen LogP contribution >= 0.6 is 0 Å². The lowest BCUT2D eigenvalue weighted by molar-refractivity contribution is -0.123. The van der Waals surface area contributed by atoms with Crippen LogP contribution in [0.15, 0.2) is 47.6 Å². The molecule has 0 fully saturated rings. The van der Waals surface area contributed by atoms with Crippen LogP contribution in [0.25, 0.3) is 0 Å². The van der Waals surface area contributed by atoms with E-state index in [1.807, 2.05) is 12.1 Å². The van der Waals surface area contributed by atoms with E-state index in [4.69, 9.17) is 9.47 Å². The maximum Gasteiger partial charge on any atom is 0.277 e. The molecule has 1 amide bonds. The van der Waals surface area contributed by atoms with E-state index in [0.29, 0.717) is 17.1 Å². The largest absolute Gasteiger partial charge is 0.507 e. The Bertz CT molecular complexity index is 789. The zero-order valence-electron chi connectivity index (χ0n) is 15.8. The number of benzene rings is 2. The number of nitrogens with one attached hydrogen (secondary N) is 1. The highest BCUT2D eigenvalue weighted by atomic mass is 16.5. The first-order valence-electron chi connectivity index (χ1n) is 8.74. The fourth-order valence-electron chi connectivity index (χ4n) is 2.51. The van der Waals surface area contributed by atoms with Crippen LogP contribution in [0.1, 0.15) is 19.4 Å². The molecular weight excluding hydrogens is 346 g/mol. The maximum absolute atomic E-state index is 11.9. The average Bonchev–Trinajstić information content (AvgIpc) is 2.69. The molecule has 2 N–H and O–H groups in total. The van der Waals surface area contributed by atoms with Gasteiger partial charge >= 0.3 is 0 Å². The van der Waals surface area contributed by atoms with E-state index in [0.717, 1.165) is 18.8 Å². The smallest absolute Gasteiger partial charge is 0.277 e. The van der Waals surface area contributed by atoms with Gasteiger partial charge in [0.1, 0.15) is 5.75 Å². The maximum atomic E-state index is 11.9. The molecule has 0 aliphatic carbocycles. The van der Waals surface area contributed by atoms with Gasteiger partial charge in [0.15, 0.2) is 18.1 Å². The third kappa shape index (κ3) is 5.64. The minimum absolute atomic E-state index is 0.0997. The molecule has 7 nitrogen and oxygen atoms in total. The number of hydrazone groups is 1. The second-order valence-corrected chi connectivity index (χ2v) is 5.65. The number of rotatable bonds is 9. The number of phenolic OH excluding ortho intramolecular Hbond substituents is 1. The minimum atomic E-state index is -0.420. The van der Waals surface area contributed by atoms with E-state index in [1.165, 1.54) is 13.3 Å². The highest BCUT2D eigenvalue weighted by molar-refractivity contribution is 5.86. The number of hydrogen-bond acceptors (Lipinski definition) is 6. The second-order valence-electron chi connectivity index (χ2n) is 5.65. The van der Waals surface area contributed by atoms with Gasteiger partial charge < -0.3 is 19.5 Å². The number of ether oxygens (including phenoxy) is 2. The Kier molecular flexibility index (Phi) is 7.49. The SMILES string of the molecule is CCN(CC)c1ccc(C=NNC(=O)COc2ccccc2OC)c(O)c1. The molecule has 27 heavy (non-hydrogen) atoms. The van der Waals surface area contributed by atoms with Gasteiger partial charge in [0.2, 0.25) is 0 Å². The fourth-order valence-corrected chi connectivity index (χ4v) is 2.51. The predicted molar refractivity (Wildman–Crippen MR) is 106 cm³/mol. The lowest BCUT2D eigenvalue weighted by Gasteiger charge is -2.21. The number of carbonyl (C=O) groups is 1. The van der Waals surface area contributed by atoms with E-state index < -0.39 is 5.91 Å².